The fraction of sp³-hybridized carbons (Fsp3) is 0.947. The van der Waals surface area contributed by atoms with E-state index in [-0.39, 0.29) is 17.6 Å². The topological polar surface area (TPSA) is 62.8 Å². The third-order valence-electron chi connectivity index (χ3n) is 5.72. The normalized spacial score (nSPS) is 27.4. The van der Waals surface area contributed by atoms with E-state index >= 15 is 0 Å². The minimum Gasteiger partial charge on any atom is -0.381 e. The molecule has 1 atom stereocenters. The van der Waals surface area contributed by atoms with Crippen molar-refractivity contribution in [3.8, 4) is 0 Å². The van der Waals surface area contributed by atoms with Crippen LogP contribution in [0.1, 0.15) is 39.5 Å². The third-order valence-corrected chi connectivity index (χ3v) is 5.72. The van der Waals surface area contributed by atoms with Crippen molar-refractivity contribution in [3.63, 3.8) is 0 Å². The Bertz CT molecular complexity index is 434. The fourth-order valence-corrected chi connectivity index (χ4v) is 4.23. The molecule has 3 rings (SSSR count). The van der Waals surface area contributed by atoms with Gasteiger partial charge in [-0.2, -0.15) is 0 Å². The van der Waals surface area contributed by atoms with Crippen LogP contribution >= 0.6 is 0 Å². The van der Waals surface area contributed by atoms with E-state index in [4.69, 9.17) is 9.47 Å². The Hall–Kier alpha value is -0.690. The molecule has 2 aliphatic heterocycles. The van der Waals surface area contributed by atoms with E-state index in [2.05, 4.69) is 29.4 Å². The van der Waals surface area contributed by atoms with Crippen molar-refractivity contribution in [2.24, 2.45) is 11.8 Å². The minimum atomic E-state index is 0.0797. The molecule has 0 spiro atoms. The second-order valence-corrected chi connectivity index (χ2v) is 8.35. The van der Waals surface area contributed by atoms with E-state index in [1.165, 1.54) is 12.8 Å². The molecule has 0 bridgehead atoms. The Morgan fingerprint density at radius 1 is 1.24 bits per heavy atom. The maximum absolute atomic E-state index is 12.3. The summed E-state index contributed by atoms with van der Waals surface area (Å²) in [6.07, 6.45) is 4.74. The number of carbonyl (C=O) groups excluding carboxylic acids is 1. The fourth-order valence-electron chi connectivity index (χ4n) is 4.23. The molecule has 1 saturated carbocycles. The highest BCUT2D eigenvalue weighted by Gasteiger charge is 2.45. The van der Waals surface area contributed by atoms with Gasteiger partial charge in [0.2, 0.25) is 5.91 Å². The zero-order valence-corrected chi connectivity index (χ0v) is 15.9. The van der Waals surface area contributed by atoms with Gasteiger partial charge in [0, 0.05) is 44.9 Å². The molecule has 2 heterocycles. The number of nitrogens with zero attached hydrogens (tertiary/aromatic N) is 1. The van der Waals surface area contributed by atoms with Gasteiger partial charge in [0.05, 0.1) is 19.3 Å². The minimum absolute atomic E-state index is 0.0797. The second-order valence-electron chi connectivity index (χ2n) is 8.35. The Morgan fingerprint density at radius 2 is 2.00 bits per heavy atom. The molecule has 3 fully saturated rings. The third kappa shape index (κ3) is 5.64. The van der Waals surface area contributed by atoms with Crippen molar-refractivity contribution in [1.82, 2.24) is 15.5 Å². The van der Waals surface area contributed by atoms with Crippen LogP contribution < -0.4 is 10.6 Å². The molecule has 0 aromatic carbocycles. The molecule has 1 aliphatic carbocycles. The largest absolute Gasteiger partial charge is 0.381 e. The maximum atomic E-state index is 12.3. The van der Waals surface area contributed by atoms with Gasteiger partial charge in [-0.05, 0) is 37.5 Å². The van der Waals surface area contributed by atoms with Gasteiger partial charge in [-0.3, -0.25) is 9.69 Å². The highest BCUT2D eigenvalue weighted by Crippen LogP contribution is 2.44. The van der Waals surface area contributed by atoms with Gasteiger partial charge in [-0.15, -0.1) is 0 Å². The van der Waals surface area contributed by atoms with Gasteiger partial charge >= 0.3 is 0 Å². The summed E-state index contributed by atoms with van der Waals surface area (Å²) in [7, 11) is 0. The Morgan fingerprint density at radius 3 is 2.68 bits per heavy atom. The van der Waals surface area contributed by atoms with Crippen molar-refractivity contribution < 1.29 is 14.3 Å². The van der Waals surface area contributed by atoms with Crippen molar-refractivity contribution in [2.75, 3.05) is 52.5 Å². The van der Waals surface area contributed by atoms with Crippen LogP contribution in [-0.4, -0.2) is 75.0 Å². The van der Waals surface area contributed by atoms with Crippen LogP contribution in [0.15, 0.2) is 0 Å². The summed E-state index contributed by atoms with van der Waals surface area (Å²) in [4.78, 5) is 14.7. The monoisotopic (exact) mass is 353 g/mol. The molecule has 2 saturated heterocycles. The first kappa shape index (κ1) is 19.1. The summed E-state index contributed by atoms with van der Waals surface area (Å²) in [6.45, 7) is 10.9. The molecule has 2 N–H and O–H groups in total. The van der Waals surface area contributed by atoms with Gasteiger partial charge in [0.25, 0.3) is 0 Å². The summed E-state index contributed by atoms with van der Waals surface area (Å²) >= 11 is 0. The Labute approximate surface area is 152 Å². The Balaban J connectivity index is 1.37. The van der Waals surface area contributed by atoms with E-state index in [0.29, 0.717) is 19.0 Å². The van der Waals surface area contributed by atoms with Crippen molar-refractivity contribution >= 4 is 5.91 Å². The molecule has 0 aromatic heterocycles. The summed E-state index contributed by atoms with van der Waals surface area (Å²) in [6, 6.07) is 0. The molecule has 1 amide bonds. The predicted octanol–water partition coefficient (Wildman–Crippen LogP) is 1.01. The number of hydrogen-bond donors (Lipinski definition) is 2. The van der Waals surface area contributed by atoms with E-state index in [1.807, 2.05) is 0 Å². The summed E-state index contributed by atoms with van der Waals surface area (Å²) < 4.78 is 11.3. The van der Waals surface area contributed by atoms with Gasteiger partial charge < -0.3 is 20.1 Å². The zero-order valence-electron chi connectivity index (χ0n) is 15.9. The highest BCUT2D eigenvalue weighted by molar-refractivity contribution is 5.78. The number of hydrogen-bond acceptors (Lipinski definition) is 5. The van der Waals surface area contributed by atoms with Gasteiger partial charge in [-0.1, -0.05) is 13.8 Å². The number of ether oxygens (including phenoxy) is 2. The molecule has 6 heteroatoms. The first-order valence-electron chi connectivity index (χ1n) is 10.0. The van der Waals surface area contributed by atoms with Gasteiger partial charge in [0.15, 0.2) is 0 Å². The summed E-state index contributed by atoms with van der Waals surface area (Å²) in [5.41, 5.74) is 0.130. The first-order chi connectivity index (χ1) is 12.1. The molecule has 144 valence electrons. The van der Waals surface area contributed by atoms with Crippen LogP contribution in [0.3, 0.4) is 0 Å². The SMILES string of the molecule is CC(C)CN1CCOC(CNC(=O)CNC2(C3CC3)CCOCC2)C1. The van der Waals surface area contributed by atoms with E-state index < -0.39 is 0 Å². The molecule has 0 aromatic rings. The lowest BCUT2D eigenvalue weighted by Crippen LogP contribution is -2.55. The lowest BCUT2D eigenvalue weighted by Gasteiger charge is -2.38. The molecule has 1 unspecified atom stereocenters. The Kier molecular flexibility index (Phi) is 6.72. The number of amides is 1. The van der Waals surface area contributed by atoms with Gasteiger partial charge in [0.1, 0.15) is 0 Å². The molecular weight excluding hydrogens is 318 g/mol. The van der Waals surface area contributed by atoms with E-state index in [9.17, 15) is 4.79 Å². The lowest BCUT2D eigenvalue weighted by molar-refractivity contribution is -0.122. The zero-order chi connectivity index (χ0) is 17.7. The van der Waals surface area contributed by atoms with Crippen LogP contribution in [0.25, 0.3) is 0 Å². The number of carbonyl (C=O) groups is 1. The highest BCUT2D eigenvalue weighted by atomic mass is 16.5. The van der Waals surface area contributed by atoms with Gasteiger partial charge in [-0.25, -0.2) is 0 Å². The lowest BCUT2D eigenvalue weighted by atomic mass is 9.85. The molecule has 25 heavy (non-hydrogen) atoms. The number of rotatable bonds is 8. The standard InChI is InChI=1S/C19H35N3O3/c1-15(2)13-22-7-10-25-17(14-22)11-20-18(23)12-21-19(16-3-4-16)5-8-24-9-6-19/h15-17,21H,3-14H2,1-2H3,(H,20,23). The number of morpholine rings is 1. The number of nitrogens with one attached hydrogen (secondary N) is 2. The van der Waals surface area contributed by atoms with E-state index in [1.54, 1.807) is 0 Å². The average Bonchev–Trinajstić information content (AvgIpc) is 3.44. The summed E-state index contributed by atoms with van der Waals surface area (Å²) in [5, 5.41) is 6.63. The molecule has 6 nitrogen and oxygen atoms in total. The molecular formula is C19H35N3O3. The molecule has 3 aliphatic rings. The van der Waals surface area contributed by atoms with Crippen LogP contribution in [0.4, 0.5) is 0 Å². The quantitative estimate of drug-likeness (QED) is 0.682. The van der Waals surface area contributed by atoms with Crippen LogP contribution in [0, 0.1) is 11.8 Å². The van der Waals surface area contributed by atoms with E-state index in [0.717, 1.165) is 58.2 Å². The van der Waals surface area contributed by atoms with Crippen LogP contribution in [0.2, 0.25) is 0 Å². The second kappa shape index (κ2) is 8.80. The smallest absolute Gasteiger partial charge is 0.234 e. The van der Waals surface area contributed by atoms with Crippen LogP contribution in [-0.2, 0) is 14.3 Å². The maximum Gasteiger partial charge on any atom is 0.234 e. The van der Waals surface area contributed by atoms with Crippen molar-refractivity contribution in [2.45, 2.75) is 51.2 Å². The predicted molar refractivity (Wildman–Crippen MR) is 97.5 cm³/mol. The van der Waals surface area contributed by atoms with Crippen LogP contribution in [0.5, 0.6) is 0 Å². The molecule has 0 radical (unpaired) electrons. The first-order valence-corrected chi connectivity index (χ1v) is 10.0. The average molecular weight is 354 g/mol. The summed E-state index contributed by atoms with van der Waals surface area (Å²) in [5.74, 6) is 1.47. The van der Waals surface area contributed by atoms with Crippen molar-refractivity contribution in [1.29, 1.82) is 0 Å². The van der Waals surface area contributed by atoms with Crippen molar-refractivity contribution in [3.05, 3.63) is 0 Å².